The van der Waals surface area contributed by atoms with Crippen molar-refractivity contribution in [3.8, 4) is 0 Å². The van der Waals surface area contributed by atoms with Crippen LogP contribution >= 0.6 is 0 Å². The second-order valence-corrected chi connectivity index (χ2v) is 4.48. The minimum atomic E-state index is -0.450. The fourth-order valence-electron chi connectivity index (χ4n) is 1.85. The first kappa shape index (κ1) is 16.9. The van der Waals surface area contributed by atoms with Crippen LogP contribution in [0, 0.1) is 10.1 Å². The van der Waals surface area contributed by atoms with E-state index in [1.165, 1.54) is 18.2 Å². The van der Waals surface area contributed by atoms with Crippen molar-refractivity contribution < 1.29 is 9.72 Å². The summed E-state index contributed by atoms with van der Waals surface area (Å²) in [6.07, 6.45) is 0.844. The summed E-state index contributed by atoms with van der Waals surface area (Å²) in [6, 6.07) is 4.35. The molecule has 0 heterocycles. The molecular weight excluding hydrogens is 272 g/mol. The number of amides is 1. The van der Waals surface area contributed by atoms with Gasteiger partial charge in [0.25, 0.3) is 11.6 Å². The number of nitrogens with zero attached hydrogens (tertiary/aromatic N) is 1. The number of anilines is 1. The second-order valence-electron chi connectivity index (χ2n) is 4.48. The lowest BCUT2D eigenvalue weighted by Gasteiger charge is -2.09. The van der Waals surface area contributed by atoms with Crippen LogP contribution in [0.5, 0.6) is 0 Å². The van der Waals surface area contributed by atoms with E-state index < -0.39 is 4.92 Å². The highest BCUT2D eigenvalue weighted by Gasteiger charge is 2.16. The van der Waals surface area contributed by atoms with E-state index in [0.29, 0.717) is 24.3 Å². The summed E-state index contributed by atoms with van der Waals surface area (Å²) in [5.74, 6) is -0.233. The molecule has 0 aliphatic carbocycles. The Hall–Kier alpha value is -2.15. The van der Waals surface area contributed by atoms with Crippen molar-refractivity contribution in [3.05, 3.63) is 33.9 Å². The number of nitro groups is 1. The second kappa shape index (κ2) is 8.91. The zero-order valence-corrected chi connectivity index (χ0v) is 12.4. The van der Waals surface area contributed by atoms with Gasteiger partial charge >= 0.3 is 0 Å². The van der Waals surface area contributed by atoms with Crippen molar-refractivity contribution >= 4 is 17.3 Å². The maximum atomic E-state index is 11.8. The fraction of sp³-hybridized carbons (Fsp3) is 0.500. The van der Waals surface area contributed by atoms with Crippen molar-refractivity contribution in [1.82, 2.24) is 10.6 Å². The van der Waals surface area contributed by atoms with Gasteiger partial charge in [-0.1, -0.05) is 6.92 Å². The van der Waals surface area contributed by atoms with E-state index in [9.17, 15) is 14.9 Å². The molecule has 1 amide bonds. The van der Waals surface area contributed by atoms with Gasteiger partial charge in [0.15, 0.2) is 0 Å². The van der Waals surface area contributed by atoms with Gasteiger partial charge in [-0.05, 0) is 38.6 Å². The number of hydrogen-bond acceptors (Lipinski definition) is 5. The van der Waals surface area contributed by atoms with Crippen molar-refractivity contribution in [2.75, 3.05) is 31.5 Å². The van der Waals surface area contributed by atoms with Crippen molar-refractivity contribution in [2.45, 2.75) is 20.3 Å². The molecule has 3 N–H and O–H groups in total. The van der Waals surface area contributed by atoms with Crippen LogP contribution in [0.15, 0.2) is 18.2 Å². The molecule has 0 atom stereocenters. The van der Waals surface area contributed by atoms with Gasteiger partial charge in [-0.3, -0.25) is 14.9 Å². The number of benzene rings is 1. The Labute approximate surface area is 124 Å². The molecule has 0 aliphatic rings. The van der Waals surface area contributed by atoms with Crippen molar-refractivity contribution in [2.24, 2.45) is 0 Å². The highest BCUT2D eigenvalue weighted by molar-refractivity contribution is 5.95. The number of carbonyl (C=O) groups excluding carboxylic acids is 1. The standard InChI is InChI=1S/C14H22N4O3/c1-3-15-8-5-9-17-12-10-11(14(19)16-4-2)6-7-13(12)18(20)21/h6-7,10,15,17H,3-5,8-9H2,1-2H3,(H,16,19). The first-order valence-electron chi connectivity index (χ1n) is 7.11. The zero-order chi connectivity index (χ0) is 15.7. The molecule has 1 rings (SSSR count). The smallest absolute Gasteiger partial charge is 0.292 e. The van der Waals surface area contributed by atoms with Crippen LogP contribution in [0.25, 0.3) is 0 Å². The maximum Gasteiger partial charge on any atom is 0.292 e. The Balaban J connectivity index is 2.79. The summed E-state index contributed by atoms with van der Waals surface area (Å²) in [7, 11) is 0. The Kier molecular flexibility index (Phi) is 7.17. The number of carbonyl (C=O) groups is 1. The van der Waals surface area contributed by atoms with Crippen LogP contribution in [0.4, 0.5) is 11.4 Å². The van der Waals surface area contributed by atoms with Crippen LogP contribution in [0.3, 0.4) is 0 Å². The zero-order valence-electron chi connectivity index (χ0n) is 12.4. The first-order valence-corrected chi connectivity index (χ1v) is 7.11. The summed E-state index contributed by atoms with van der Waals surface area (Å²) in [5, 5.41) is 19.9. The summed E-state index contributed by atoms with van der Waals surface area (Å²) < 4.78 is 0. The summed E-state index contributed by atoms with van der Waals surface area (Å²) in [5.41, 5.74) is 0.767. The molecular formula is C14H22N4O3. The van der Waals surface area contributed by atoms with E-state index in [0.717, 1.165) is 19.5 Å². The van der Waals surface area contributed by atoms with Gasteiger partial charge < -0.3 is 16.0 Å². The summed E-state index contributed by atoms with van der Waals surface area (Å²) in [4.78, 5) is 22.3. The largest absolute Gasteiger partial charge is 0.379 e. The minimum Gasteiger partial charge on any atom is -0.379 e. The molecule has 7 heteroatoms. The van der Waals surface area contributed by atoms with E-state index in [2.05, 4.69) is 16.0 Å². The Morgan fingerprint density at radius 2 is 2.00 bits per heavy atom. The third-order valence-electron chi connectivity index (χ3n) is 2.89. The quantitative estimate of drug-likeness (QED) is 0.366. The maximum absolute atomic E-state index is 11.8. The van der Waals surface area contributed by atoms with Crippen LogP contribution in [0.1, 0.15) is 30.6 Å². The normalized spacial score (nSPS) is 10.2. The summed E-state index contributed by atoms with van der Waals surface area (Å²) in [6.45, 7) is 6.70. The number of hydrogen-bond donors (Lipinski definition) is 3. The van der Waals surface area contributed by atoms with Crippen LogP contribution in [-0.2, 0) is 0 Å². The Bertz CT molecular complexity index is 491. The van der Waals surface area contributed by atoms with E-state index >= 15 is 0 Å². The van der Waals surface area contributed by atoms with Gasteiger partial charge in [0, 0.05) is 24.7 Å². The summed E-state index contributed by atoms with van der Waals surface area (Å²) >= 11 is 0. The highest BCUT2D eigenvalue weighted by atomic mass is 16.6. The third kappa shape index (κ3) is 5.39. The molecule has 0 spiro atoms. The van der Waals surface area contributed by atoms with E-state index in [4.69, 9.17) is 0 Å². The SMILES string of the molecule is CCNCCCNc1cc(C(=O)NCC)ccc1[N+](=O)[O-]. The molecule has 1 aromatic carbocycles. The number of rotatable bonds is 9. The fourth-order valence-corrected chi connectivity index (χ4v) is 1.85. The van der Waals surface area contributed by atoms with Crippen LogP contribution in [0.2, 0.25) is 0 Å². The van der Waals surface area contributed by atoms with Gasteiger partial charge in [0.2, 0.25) is 0 Å². The molecule has 0 saturated carbocycles. The first-order chi connectivity index (χ1) is 10.1. The molecule has 0 fully saturated rings. The molecule has 1 aromatic rings. The predicted molar refractivity (Wildman–Crippen MR) is 82.8 cm³/mol. The van der Waals surface area contributed by atoms with Gasteiger partial charge in [0.1, 0.15) is 5.69 Å². The lowest BCUT2D eigenvalue weighted by Crippen LogP contribution is -2.23. The van der Waals surface area contributed by atoms with Crippen LogP contribution in [-0.4, -0.2) is 37.0 Å². The number of nitrogens with one attached hydrogen (secondary N) is 3. The molecule has 21 heavy (non-hydrogen) atoms. The molecule has 116 valence electrons. The average Bonchev–Trinajstić information content (AvgIpc) is 2.47. The van der Waals surface area contributed by atoms with Gasteiger partial charge in [-0.15, -0.1) is 0 Å². The Morgan fingerprint density at radius 1 is 1.24 bits per heavy atom. The molecule has 0 saturated heterocycles. The third-order valence-corrected chi connectivity index (χ3v) is 2.89. The monoisotopic (exact) mass is 294 g/mol. The average molecular weight is 294 g/mol. The molecule has 0 bridgehead atoms. The molecule has 0 aliphatic heterocycles. The van der Waals surface area contributed by atoms with Gasteiger partial charge in [-0.2, -0.15) is 0 Å². The lowest BCUT2D eigenvalue weighted by molar-refractivity contribution is -0.384. The van der Waals surface area contributed by atoms with E-state index in [1.807, 2.05) is 13.8 Å². The topological polar surface area (TPSA) is 96.3 Å². The van der Waals surface area contributed by atoms with Gasteiger partial charge in [-0.25, -0.2) is 0 Å². The highest BCUT2D eigenvalue weighted by Crippen LogP contribution is 2.25. The lowest BCUT2D eigenvalue weighted by atomic mass is 10.1. The molecule has 7 nitrogen and oxygen atoms in total. The van der Waals surface area contributed by atoms with Gasteiger partial charge in [0.05, 0.1) is 4.92 Å². The van der Waals surface area contributed by atoms with Crippen molar-refractivity contribution in [3.63, 3.8) is 0 Å². The molecule has 0 radical (unpaired) electrons. The van der Waals surface area contributed by atoms with E-state index in [-0.39, 0.29) is 11.6 Å². The molecule has 0 unspecified atom stereocenters. The molecule has 0 aromatic heterocycles. The van der Waals surface area contributed by atoms with Crippen LogP contribution < -0.4 is 16.0 Å². The predicted octanol–water partition coefficient (Wildman–Crippen LogP) is 1.76. The number of nitro benzene ring substituents is 1. The van der Waals surface area contributed by atoms with Crippen molar-refractivity contribution in [1.29, 1.82) is 0 Å². The Morgan fingerprint density at radius 3 is 2.62 bits per heavy atom. The van der Waals surface area contributed by atoms with E-state index in [1.54, 1.807) is 0 Å². The minimum absolute atomic E-state index is 0.0218.